The topological polar surface area (TPSA) is 100 Å². The van der Waals surface area contributed by atoms with Gasteiger partial charge in [0.05, 0.1) is 18.3 Å². The van der Waals surface area contributed by atoms with Crippen molar-refractivity contribution in [3.8, 4) is 0 Å². The van der Waals surface area contributed by atoms with Crippen molar-refractivity contribution in [3.63, 3.8) is 0 Å². The highest BCUT2D eigenvalue weighted by molar-refractivity contribution is 5.84. The van der Waals surface area contributed by atoms with Crippen LogP contribution in [0.4, 0.5) is 0 Å². The van der Waals surface area contributed by atoms with Gasteiger partial charge in [-0.05, 0) is 19.4 Å². The summed E-state index contributed by atoms with van der Waals surface area (Å²) in [4.78, 5) is 24.9. The van der Waals surface area contributed by atoms with Crippen LogP contribution in [0.5, 0.6) is 0 Å². The summed E-state index contributed by atoms with van der Waals surface area (Å²) < 4.78 is 1.54. The van der Waals surface area contributed by atoms with Crippen LogP contribution in [-0.4, -0.2) is 62.6 Å². The van der Waals surface area contributed by atoms with Crippen molar-refractivity contribution in [1.29, 1.82) is 0 Å². The summed E-state index contributed by atoms with van der Waals surface area (Å²) >= 11 is 0. The fraction of sp³-hybridized carbons (Fsp3) is 0.692. The highest BCUT2D eigenvalue weighted by Crippen LogP contribution is 2.22. The molecule has 1 atom stereocenters. The number of rotatable bonds is 3. The first-order chi connectivity index (χ1) is 10.1. The number of hydrogen-bond acceptors (Lipinski definition) is 5. The quantitative estimate of drug-likeness (QED) is 0.806. The number of aromatic nitrogens is 3. The lowest BCUT2D eigenvalue weighted by Gasteiger charge is -2.40. The molecule has 0 spiro atoms. The van der Waals surface area contributed by atoms with Gasteiger partial charge in [0.25, 0.3) is 0 Å². The summed E-state index contributed by atoms with van der Waals surface area (Å²) in [5.74, 6) is -0.942. The number of carboxylic acids is 1. The molecule has 1 unspecified atom stereocenters. The molecule has 0 radical (unpaired) electrons. The molecular formula is C13H19N5O3. The molecule has 0 bridgehead atoms. The number of nitrogens with zero attached hydrogens (tertiary/aromatic N) is 4. The SMILES string of the molecule is O=C(O)c1cn(C2CN(C(=O)C3CCCCCN3)C2)nn1. The molecule has 2 fully saturated rings. The number of carboxylic acid groups (broad SMARTS) is 1. The second-order valence-electron chi connectivity index (χ2n) is 5.64. The van der Waals surface area contributed by atoms with Crippen molar-refractivity contribution < 1.29 is 14.7 Å². The zero-order valence-electron chi connectivity index (χ0n) is 11.7. The zero-order valence-corrected chi connectivity index (χ0v) is 11.7. The number of aromatic carboxylic acids is 1. The lowest BCUT2D eigenvalue weighted by Crippen LogP contribution is -2.56. The van der Waals surface area contributed by atoms with Crippen LogP contribution in [0.1, 0.15) is 42.2 Å². The van der Waals surface area contributed by atoms with Gasteiger partial charge in [-0.2, -0.15) is 0 Å². The molecule has 8 heteroatoms. The third-order valence-electron chi connectivity index (χ3n) is 4.14. The summed E-state index contributed by atoms with van der Waals surface area (Å²) in [6, 6.07) is -0.0425. The predicted octanol–water partition coefficient (Wildman–Crippen LogP) is -0.108. The number of carbonyl (C=O) groups is 2. The number of amides is 1. The number of nitrogens with one attached hydrogen (secondary N) is 1. The Morgan fingerprint density at radius 2 is 2.10 bits per heavy atom. The minimum absolute atomic E-state index is 0.0281. The third kappa shape index (κ3) is 2.90. The van der Waals surface area contributed by atoms with Gasteiger partial charge < -0.3 is 15.3 Å². The van der Waals surface area contributed by atoms with Gasteiger partial charge in [0.2, 0.25) is 5.91 Å². The molecule has 0 saturated carbocycles. The van der Waals surface area contributed by atoms with E-state index >= 15 is 0 Å². The van der Waals surface area contributed by atoms with Crippen molar-refractivity contribution in [2.75, 3.05) is 19.6 Å². The van der Waals surface area contributed by atoms with Crippen molar-refractivity contribution in [2.24, 2.45) is 0 Å². The van der Waals surface area contributed by atoms with E-state index in [2.05, 4.69) is 15.6 Å². The highest BCUT2D eigenvalue weighted by atomic mass is 16.4. The van der Waals surface area contributed by atoms with Gasteiger partial charge in [0.1, 0.15) is 0 Å². The van der Waals surface area contributed by atoms with E-state index in [9.17, 15) is 9.59 Å². The fourth-order valence-corrected chi connectivity index (χ4v) is 2.82. The Kier molecular flexibility index (Phi) is 3.87. The van der Waals surface area contributed by atoms with Crippen LogP contribution >= 0.6 is 0 Å². The van der Waals surface area contributed by atoms with Crippen molar-refractivity contribution >= 4 is 11.9 Å². The molecule has 0 aromatic carbocycles. The van der Waals surface area contributed by atoms with E-state index in [0.29, 0.717) is 13.1 Å². The molecule has 21 heavy (non-hydrogen) atoms. The van der Waals surface area contributed by atoms with Crippen molar-refractivity contribution in [3.05, 3.63) is 11.9 Å². The first-order valence-corrected chi connectivity index (χ1v) is 7.32. The molecule has 114 valence electrons. The first kappa shape index (κ1) is 14.0. The van der Waals surface area contributed by atoms with Crippen LogP contribution in [0, 0.1) is 0 Å². The molecular weight excluding hydrogens is 274 g/mol. The molecule has 1 aromatic heterocycles. The molecule has 1 aromatic rings. The molecule has 2 N–H and O–H groups in total. The summed E-state index contributed by atoms with van der Waals surface area (Å²) in [7, 11) is 0. The van der Waals surface area contributed by atoms with E-state index in [1.807, 2.05) is 0 Å². The Labute approximate surface area is 122 Å². The van der Waals surface area contributed by atoms with E-state index < -0.39 is 5.97 Å². The summed E-state index contributed by atoms with van der Waals surface area (Å²) in [6.45, 7) is 2.04. The van der Waals surface area contributed by atoms with Gasteiger partial charge in [-0.1, -0.05) is 18.1 Å². The van der Waals surface area contributed by atoms with E-state index in [4.69, 9.17) is 5.11 Å². The molecule has 0 aliphatic carbocycles. The smallest absolute Gasteiger partial charge is 0.358 e. The molecule has 3 heterocycles. The van der Waals surface area contributed by atoms with E-state index in [1.54, 1.807) is 4.90 Å². The maximum Gasteiger partial charge on any atom is 0.358 e. The minimum atomic E-state index is -1.09. The Hall–Kier alpha value is -1.96. The fourth-order valence-electron chi connectivity index (χ4n) is 2.82. The number of carbonyl (C=O) groups excluding carboxylic acids is 1. The van der Waals surface area contributed by atoms with Crippen molar-refractivity contribution in [1.82, 2.24) is 25.2 Å². The van der Waals surface area contributed by atoms with Gasteiger partial charge in [-0.25, -0.2) is 9.48 Å². The number of hydrogen-bond donors (Lipinski definition) is 2. The minimum Gasteiger partial charge on any atom is -0.476 e. The van der Waals surface area contributed by atoms with Crippen molar-refractivity contribution in [2.45, 2.75) is 37.8 Å². The van der Waals surface area contributed by atoms with E-state index in [0.717, 1.165) is 25.8 Å². The van der Waals surface area contributed by atoms with Crippen LogP contribution in [0.25, 0.3) is 0 Å². The standard InChI is InChI=1S/C13H19N5O3/c19-12(10-4-2-1-3-5-14-10)17-6-9(7-17)18-8-11(13(20)21)15-16-18/h8-10,14H,1-7H2,(H,20,21). The molecule has 2 aliphatic heterocycles. The Balaban J connectivity index is 1.54. The first-order valence-electron chi connectivity index (χ1n) is 7.32. The highest BCUT2D eigenvalue weighted by Gasteiger charge is 2.36. The third-order valence-corrected chi connectivity index (χ3v) is 4.14. The van der Waals surface area contributed by atoms with Gasteiger partial charge in [-0.3, -0.25) is 4.79 Å². The van der Waals surface area contributed by atoms with Crippen LogP contribution in [-0.2, 0) is 4.79 Å². The summed E-state index contributed by atoms with van der Waals surface area (Å²) in [5.41, 5.74) is -0.0646. The van der Waals surface area contributed by atoms with Crippen LogP contribution in [0.15, 0.2) is 6.20 Å². The lowest BCUT2D eigenvalue weighted by molar-refractivity contribution is -0.139. The van der Waals surface area contributed by atoms with Gasteiger partial charge in [0.15, 0.2) is 5.69 Å². The van der Waals surface area contributed by atoms with Gasteiger partial charge in [-0.15, -0.1) is 5.10 Å². The van der Waals surface area contributed by atoms with Crippen LogP contribution in [0.2, 0.25) is 0 Å². The molecule has 3 rings (SSSR count). The Bertz CT molecular complexity index is 530. The van der Waals surface area contributed by atoms with Crippen LogP contribution < -0.4 is 5.32 Å². The summed E-state index contributed by atoms with van der Waals surface area (Å²) in [5, 5.41) is 19.5. The molecule has 2 saturated heterocycles. The molecule has 1 amide bonds. The average Bonchev–Trinajstić information content (AvgIpc) is 2.72. The largest absolute Gasteiger partial charge is 0.476 e. The monoisotopic (exact) mass is 293 g/mol. The van der Waals surface area contributed by atoms with Gasteiger partial charge >= 0.3 is 5.97 Å². The molecule has 8 nitrogen and oxygen atoms in total. The van der Waals surface area contributed by atoms with E-state index in [-0.39, 0.29) is 23.7 Å². The van der Waals surface area contributed by atoms with E-state index in [1.165, 1.54) is 17.3 Å². The Morgan fingerprint density at radius 3 is 2.81 bits per heavy atom. The number of likely N-dealkylation sites (tertiary alicyclic amines) is 1. The second kappa shape index (κ2) is 5.80. The predicted molar refractivity (Wildman–Crippen MR) is 72.9 cm³/mol. The normalized spacial score (nSPS) is 23.4. The molecule has 2 aliphatic rings. The maximum atomic E-state index is 12.3. The Morgan fingerprint density at radius 1 is 1.29 bits per heavy atom. The summed E-state index contributed by atoms with van der Waals surface area (Å²) in [6.07, 6.45) is 5.70. The lowest BCUT2D eigenvalue weighted by atomic mass is 10.0. The second-order valence-corrected chi connectivity index (χ2v) is 5.64. The average molecular weight is 293 g/mol. The van der Waals surface area contributed by atoms with Gasteiger partial charge in [0, 0.05) is 13.1 Å². The zero-order chi connectivity index (χ0) is 14.8. The maximum absolute atomic E-state index is 12.3. The van der Waals surface area contributed by atoms with Crippen LogP contribution in [0.3, 0.4) is 0 Å².